The fourth-order valence-electron chi connectivity index (χ4n) is 2.42. The van der Waals surface area contributed by atoms with E-state index in [1.807, 2.05) is 11.5 Å². The summed E-state index contributed by atoms with van der Waals surface area (Å²) in [5, 5.41) is 10.2. The molecule has 0 aliphatic rings. The van der Waals surface area contributed by atoms with E-state index >= 15 is 0 Å². The number of halogens is 1. The summed E-state index contributed by atoms with van der Waals surface area (Å²) in [5.41, 5.74) is 7.09. The highest BCUT2D eigenvalue weighted by Gasteiger charge is 2.22. The molecule has 0 aliphatic carbocycles. The minimum absolute atomic E-state index is 0.0654. The number of phenols is 1. The van der Waals surface area contributed by atoms with E-state index in [0.29, 0.717) is 17.6 Å². The minimum Gasteiger partial charge on any atom is -0.504 e. The number of fused-ring (bicyclic) bond motifs is 1. The fraction of sp³-hybridized carbons (Fsp3) is 0.214. The predicted molar refractivity (Wildman–Crippen MR) is 72.2 cm³/mol. The van der Waals surface area contributed by atoms with Gasteiger partial charge in [-0.3, -0.25) is 4.79 Å². The van der Waals surface area contributed by atoms with E-state index < -0.39 is 17.5 Å². The molecule has 1 aromatic heterocycles. The van der Waals surface area contributed by atoms with E-state index in [4.69, 9.17) is 5.73 Å². The molecular weight excluding hydrogens is 247 g/mol. The zero-order valence-electron chi connectivity index (χ0n) is 10.8. The number of aromatic hydroxyl groups is 1. The first-order valence-corrected chi connectivity index (χ1v) is 5.89. The van der Waals surface area contributed by atoms with Crippen molar-refractivity contribution in [2.45, 2.75) is 20.4 Å². The molecule has 1 aromatic carbocycles. The van der Waals surface area contributed by atoms with Gasteiger partial charge in [0.2, 0.25) is 5.91 Å². The highest BCUT2D eigenvalue weighted by atomic mass is 19.1. The van der Waals surface area contributed by atoms with Crippen molar-refractivity contribution in [3.8, 4) is 5.75 Å². The van der Waals surface area contributed by atoms with Crippen molar-refractivity contribution in [3.63, 3.8) is 0 Å². The highest BCUT2D eigenvalue weighted by molar-refractivity contribution is 6.22. The maximum atomic E-state index is 13.5. The Bertz CT molecular complexity index is 701. The third kappa shape index (κ3) is 1.78. The molecule has 0 fully saturated rings. The van der Waals surface area contributed by atoms with Crippen LogP contribution in [0.5, 0.6) is 5.75 Å². The van der Waals surface area contributed by atoms with Gasteiger partial charge in [-0.25, -0.2) is 4.39 Å². The van der Waals surface area contributed by atoms with Crippen molar-refractivity contribution in [2.75, 3.05) is 0 Å². The molecule has 0 bridgehead atoms. The van der Waals surface area contributed by atoms with Crippen LogP contribution in [0.1, 0.15) is 18.2 Å². The van der Waals surface area contributed by atoms with Crippen LogP contribution in [0.25, 0.3) is 16.5 Å². The molecule has 0 aliphatic heterocycles. The summed E-state index contributed by atoms with van der Waals surface area (Å²) in [6.45, 7) is 7.96. The Balaban J connectivity index is 2.97. The first-order chi connectivity index (χ1) is 8.90. The quantitative estimate of drug-likeness (QED) is 0.833. The molecule has 2 rings (SSSR count). The van der Waals surface area contributed by atoms with Gasteiger partial charge in [0.25, 0.3) is 0 Å². The Hall–Kier alpha value is -2.30. The van der Waals surface area contributed by atoms with Crippen molar-refractivity contribution in [3.05, 3.63) is 35.8 Å². The van der Waals surface area contributed by atoms with Crippen LogP contribution in [0.15, 0.2) is 18.7 Å². The summed E-state index contributed by atoms with van der Waals surface area (Å²) in [6.07, 6.45) is 0. The Morgan fingerprint density at radius 2 is 2.16 bits per heavy atom. The third-order valence-corrected chi connectivity index (χ3v) is 3.33. The molecule has 1 heterocycles. The van der Waals surface area contributed by atoms with Gasteiger partial charge < -0.3 is 15.4 Å². The Labute approximate surface area is 109 Å². The van der Waals surface area contributed by atoms with Gasteiger partial charge in [0.15, 0.2) is 11.6 Å². The zero-order valence-corrected chi connectivity index (χ0v) is 10.8. The van der Waals surface area contributed by atoms with Gasteiger partial charge in [0, 0.05) is 23.4 Å². The van der Waals surface area contributed by atoms with Crippen molar-refractivity contribution in [2.24, 2.45) is 5.73 Å². The number of hydrogen-bond donors (Lipinski definition) is 2. The standard InChI is InChI=1S/C14H15FN2O2/c1-4-17-8(3)11(7(2)14(16)19)12-10(17)6-5-9(15)13(12)18/h5-6,18H,2,4H2,1,3H3,(H2,16,19). The number of hydrogen-bond acceptors (Lipinski definition) is 2. The number of nitrogens with zero attached hydrogens (tertiary/aromatic N) is 1. The topological polar surface area (TPSA) is 68.2 Å². The summed E-state index contributed by atoms with van der Waals surface area (Å²) in [7, 11) is 0. The van der Waals surface area contributed by atoms with Gasteiger partial charge >= 0.3 is 0 Å². The van der Waals surface area contributed by atoms with Gasteiger partial charge in [-0.05, 0) is 26.0 Å². The normalized spacial score (nSPS) is 10.9. The molecule has 0 saturated heterocycles. The van der Waals surface area contributed by atoms with Crippen LogP contribution in [0, 0.1) is 12.7 Å². The number of carbonyl (C=O) groups is 1. The SMILES string of the molecule is C=C(C(N)=O)c1c(C)n(CC)c2ccc(F)c(O)c12. The molecule has 100 valence electrons. The molecule has 0 saturated carbocycles. The van der Waals surface area contributed by atoms with Gasteiger partial charge in [-0.15, -0.1) is 0 Å². The maximum Gasteiger partial charge on any atom is 0.248 e. The molecule has 0 radical (unpaired) electrons. The van der Waals surface area contributed by atoms with Crippen molar-refractivity contribution in [1.82, 2.24) is 4.57 Å². The number of aromatic nitrogens is 1. The van der Waals surface area contributed by atoms with Gasteiger partial charge in [-0.2, -0.15) is 0 Å². The molecule has 1 amide bonds. The number of primary amides is 1. The summed E-state index contributed by atoms with van der Waals surface area (Å²) in [4.78, 5) is 11.3. The van der Waals surface area contributed by atoms with Crippen LogP contribution in [0.4, 0.5) is 4.39 Å². The summed E-state index contributed by atoms with van der Waals surface area (Å²) in [5.74, 6) is -1.91. The maximum absolute atomic E-state index is 13.5. The van der Waals surface area contributed by atoms with Crippen LogP contribution in [0.2, 0.25) is 0 Å². The number of phenolic OH excluding ortho intramolecular Hbond substituents is 1. The minimum atomic E-state index is -0.737. The fourth-order valence-corrected chi connectivity index (χ4v) is 2.42. The van der Waals surface area contributed by atoms with Gasteiger partial charge in [0.05, 0.1) is 10.9 Å². The van der Waals surface area contributed by atoms with Gasteiger partial charge in [-0.1, -0.05) is 6.58 Å². The van der Waals surface area contributed by atoms with Crippen LogP contribution in [-0.4, -0.2) is 15.6 Å². The van der Waals surface area contributed by atoms with Crippen molar-refractivity contribution >= 4 is 22.4 Å². The number of benzene rings is 1. The van der Waals surface area contributed by atoms with E-state index in [0.717, 1.165) is 5.69 Å². The molecule has 0 unspecified atom stereocenters. The van der Waals surface area contributed by atoms with E-state index in [1.165, 1.54) is 6.07 Å². The monoisotopic (exact) mass is 262 g/mol. The number of amides is 1. The Kier molecular flexibility index (Phi) is 3.06. The first-order valence-electron chi connectivity index (χ1n) is 5.89. The van der Waals surface area contributed by atoms with Crippen LogP contribution >= 0.6 is 0 Å². The summed E-state index contributed by atoms with van der Waals surface area (Å²) < 4.78 is 15.4. The molecule has 4 nitrogen and oxygen atoms in total. The lowest BCUT2D eigenvalue weighted by Crippen LogP contribution is -2.12. The lowest BCUT2D eigenvalue weighted by molar-refractivity contribution is -0.112. The van der Waals surface area contributed by atoms with E-state index in [-0.39, 0.29) is 11.0 Å². The average Bonchev–Trinajstić information content (AvgIpc) is 2.65. The van der Waals surface area contributed by atoms with E-state index in [2.05, 4.69) is 6.58 Å². The van der Waals surface area contributed by atoms with Crippen molar-refractivity contribution in [1.29, 1.82) is 0 Å². The number of carbonyl (C=O) groups excluding carboxylic acids is 1. The van der Waals surface area contributed by atoms with E-state index in [9.17, 15) is 14.3 Å². The van der Waals surface area contributed by atoms with E-state index in [1.54, 1.807) is 13.0 Å². The second-order valence-electron chi connectivity index (χ2n) is 4.34. The predicted octanol–water partition coefficient (Wildman–Crippen LogP) is 2.31. The molecular formula is C14H15FN2O2. The largest absolute Gasteiger partial charge is 0.504 e. The molecule has 2 aromatic rings. The second kappa shape index (κ2) is 4.42. The number of rotatable bonds is 3. The van der Waals surface area contributed by atoms with Crippen LogP contribution in [0.3, 0.4) is 0 Å². The Morgan fingerprint density at radius 3 is 2.68 bits per heavy atom. The third-order valence-electron chi connectivity index (χ3n) is 3.33. The van der Waals surface area contributed by atoms with Crippen LogP contribution in [-0.2, 0) is 11.3 Å². The molecule has 5 heteroatoms. The lowest BCUT2D eigenvalue weighted by Gasteiger charge is -2.04. The lowest BCUT2D eigenvalue weighted by atomic mass is 10.0. The zero-order chi connectivity index (χ0) is 14.3. The first kappa shape index (κ1) is 13.1. The van der Waals surface area contributed by atoms with Crippen LogP contribution < -0.4 is 5.73 Å². The molecule has 19 heavy (non-hydrogen) atoms. The molecule has 0 atom stereocenters. The van der Waals surface area contributed by atoms with Crippen molar-refractivity contribution < 1.29 is 14.3 Å². The highest BCUT2D eigenvalue weighted by Crippen LogP contribution is 2.37. The summed E-state index contributed by atoms with van der Waals surface area (Å²) >= 11 is 0. The summed E-state index contributed by atoms with van der Waals surface area (Å²) in [6, 6.07) is 2.76. The van der Waals surface area contributed by atoms with Gasteiger partial charge in [0.1, 0.15) is 0 Å². The average molecular weight is 262 g/mol. The Morgan fingerprint density at radius 1 is 1.53 bits per heavy atom. The molecule has 0 spiro atoms. The number of nitrogens with two attached hydrogens (primary N) is 1. The number of aryl methyl sites for hydroxylation is 1. The second-order valence-corrected chi connectivity index (χ2v) is 4.34. The smallest absolute Gasteiger partial charge is 0.248 e. The molecule has 3 N–H and O–H groups in total.